The van der Waals surface area contributed by atoms with E-state index < -0.39 is 0 Å². The van der Waals surface area contributed by atoms with Crippen LogP contribution in [0.25, 0.3) is 0 Å². The summed E-state index contributed by atoms with van der Waals surface area (Å²) < 4.78 is 0. The van der Waals surface area contributed by atoms with Crippen LogP contribution in [0.15, 0.2) is 24.3 Å². The van der Waals surface area contributed by atoms with Gasteiger partial charge in [-0.25, -0.2) is 0 Å². The molecule has 2 fully saturated rings. The van der Waals surface area contributed by atoms with Crippen molar-refractivity contribution in [3.63, 3.8) is 0 Å². The number of benzene rings is 1. The van der Waals surface area contributed by atoms with Crippen LogP contribution in [-0.2, 0) is 4.79 Å². The number of hydrogen-bond acceptors (Lipinski definition) is 2. The Kier molecular flexibility index (Phi) is 5.21. The third-order valence-electron chi connectivity index (χ3n) is 4.95. The highest BCUT2D eigenvalue weighted by Crippen LogP contribution is 2.27. The first-order chi connectivity index (χ1) is 11.1. The Balaban J connectivity index is 1.48. The van der Waals surface area contributed by atoms with Crippen molar-refractivity contribution in [3.05, 3.63) is 34.9 Å². The smallest absolute Gasteiger partial charge is 0.251 e. The first-order valence-electron chi connectivity index (χ1n) is 8.49. The molecule has 4 nitrogen and oxygen atoms in total. The predicted octanol–water partition coefficient (Wildman–Crippen LogP) is 3.25. The van der Waals surface area contributed by atoms with Crippen LogP contribution in [0.1, 0.15) is 48.9 Å². The minimum Gasteiger partial charge on any atom is -0.349 e. The quantitative estimate of drug-likeness (QED) is 0.922. The first-order valence-corrected chi connectivity index (χ1v) is 8.86. The fourth-order valence-electron chi connectivity index (χ4n) is 3.55. The highest BCUT2D eigenvalue weighted by atomic mass is 35.5. The second kappa shape index (κ2) is 7.35. The second-order valence-corrected chi connectivity index (χ2v) is 7.00. The lowest BCUT2D eigenvalue weighted by atomic mass is 10.0. The lowest BCUT2D eigenvalue weighted by Crippen LogP contribution is -2.47. The molecule has 0 atom stereocenters. The third-order valence-corrected chi connectivity index (χ3v) is 5.20. The number of nitrogens with one attached hydrogen (secondary N) is 1. The van der Waals surface area contributed by atoms with Crippen LogP contribution in [0.4, 0.5) is 0 Å². The van der Waals surface area contributed by atoms with Gasteiger partial charge in [0.1, 0.15) is 0 Å². The molecular formula is C18H23ClN2O2. The second-order valence-electron chi connectivity index (χ2n) is 6.56. The summed E-state index contributed by atoms with van der Waals surface area (Å²) in [5, 5.41) is 3.69. The molecule has 2 aliphatic rings. The van der Waals surface area contributed by atoms with Gasteiger partial charge in [0.2, 0.25) is 5.91 Å². The molecule has 0 aromatic heterocycles. The number of hydrogen-bond donors (Lipinski definition) is 1. The van der Waals surface area contributed by atoms with Crippen LogP contribution in [-0.4, -0.2) is 35.8 Å². The third kappa shape index (κ3) is 4.05. The van der Waals surface area contributed by atoms with Crippen molar-refractivity contribution >= 4 is 23.4 Å². The van der Waals surface area contributed by atoms with Gasteiger partial charge < -0.3 is 10.2 Å². The number of amides is 2. The molecule has 1 saturated carbocycles. The van der Waals surface area contributed by atoms with E-state index in [1.54, 1.807) is 24.3 Å². The Morgan fingerprint density at radius 1 is 1.00 bits per heavy atom. The van der Waals surface area contributed by atoms with E-state index in [2.05, 4.69) is 5.32 Å². The molecule has 0 unspecified atom stereocenters. The molecule has 0 spiro atoms. The Bertz CT molecular complexity index is 559. The summed E-state index contributed by atoms with van der Waals surface area (Å²) in [6.07, 6.45) is 6.13. The zero-order chi connectivity index (χ0) is 16.2. The zero-order valence-electron chi connectivity index (χ0n) is 13.3. The van der Waals surface area contributed by atoms with Crippen LogP contribution in [0, 0.1) is 5.92 Å². The minimum atomic E-state index is -0.0674. The van der Waals surface area contributed by atoms with Crippen molar-refractivity contribution in [1.82, 2.24) is 10.2 Å². The Labute approximate surface area is 142 Å². The highest BCUT2D eigenvalue weighted by Gasteiger charge is 2.30. The van der Waals surface area contributed by atoms with E-state index in [1.807, 2.05) is 4.90 Å². The molecule has 1 aliphatic carbocycles. The van der Waals surface area contributed by atoms with Gasteiger partial charge in [-0.3, -0.25) is 9.59 Å². The van der Waals surface area contributed by atoms with E-state index in [0.717, 1.165) is 38.8 Å². The van der Waals surface area contributed by atoms with Crippen LogP contribution in [0.5, 0.6) is 0 Å². The molecule has 1 saturated heterocycles. The summed E-state index contributed by atoms with van der Waals surface area (Å²) in [6.45, 7) is 1.50. The minimum absolute atomic E-state index is 0.0674. The standard InChI is InChI=1S/C18H23ClN2O2/c19-15-7-5-13(6-8-15)17(22)20-16-9-11-21(12-10-16)18(23)14-3-1-2-4-14/h5-8,14,16H,1-4,9-12H2,(H,20,22). The Hall–Kier alpha value is -1.55. The topological polar surface area (TPSA) is 49.4 Å². The molecule has 23 heavy (non-hydrogen) atoms. The van der Waals surface area contributed by atoms with Gasteiger partial charge in [-0.05, 0) is 49.9 Å². The summed E-state index contributed by atoms with van der Waals surface area (Å²) in [5.41, 5.74) is 0.624. The van der Waals surface area contributed by atoms with E-state index in [1.165, 1.54) is 12.8 Å². The van der Waals surface area contributed by atoms with Crippen LogP contribution >= 0.6 is 11.6 Å². The van der Waals surface area contributed by atoms with Crippen molar-refractivity contribution in [2.24, 2.45) is 5.92 Å². The predicted molar refractivity (Wildman–Crippen MR) is 90.5 cm³/mol. The normalized spacial score (nSPS) is 19.8. The van der Waals surface area contributed by atoms with Crippen molar-refractivity contribution < 1.29 is 9.59 Å². The lowest BCUT2D eigenvalue weighted by Gasteiger charge is -2.34. The maximum Gasteiger partial charge on any atom is 0.251 e. The summed E-state index contributed by atoms with van der Waals surface area (Å²) in [7, 11) is 0. The lowest BCUT2D eigenvalue weighted by molar-refractivity contribution is -0.136. The van der Waals surface area contributed by atoms with Crippen molar-refractivity contribution in [2.45, 2.75) is 44.6 Å². The molecule has 1 N–H and O–H groups in total. The SMILES string of the molecule is O=C(NC1CCN(C(=O)C2CCCC2)CC1)c1ccc(Cl)cc1. The number of nitrogens with zero attached hydrogens (tertiary/aromatic N) is 1. The van der Waals surface area contributed by atoms with Crippen LogP contribution in [0.3, 0.4) is 0 Å². The summed E-state index contributed by atoms with van der Waals surface area (Å²) >= 11 is 5.84. The number of halogens is 1. The molecule has 1 aromatic rings. The fraction of sp³-hybridized carbons (Fsp3) is 0.556. The molecule has 3 rings (SSSR count). The van der Waals surface area contributed by atoms with Crippen LogP contribution < -0.4 is 5.32 Å². The molecule has 0 bridgehead atoms. The summed E-state index contributed by atoms with van der Waals surface area (Å²) in [4.78, 5) is 26.6. The molecular weight excluding hydrogens is 312 g/mol. The summed E-state index contributed by atoms with van der Waals surface area (Å²) in [5.74, 6) is 0.502. The van der Waals surface area contributed by atoms with Gasteiger partial charge in [-0.1, -0.05) is 24.4 Å². The summed E-state index contributed by atoms with van der Waals surface area (Å²) in [6, 6.07) is 7.05. The van der Waals surface area contributed by atoms with Crippen LogP contribution in [0.2, 0.25) is 5.02 Å². The molecule has 1 heterocycles. The zero-order valence-corrected chi connectivity index (χ0v) is 14.0. The fourth-order valence-corrected chi connectivity index (χ4v) is 3.67. The molecule has 0 radical (unpaired) electrons. The van der Waals surface area contributed by atoms with Gasteiger partial charge in [0.05, 0.1) is 0 Å². The molecule has 1 aliphatic heterocycles. The van der Waals surface area contributed by atoms with E-state index in [9.17, 15) is 9.59 Å². The molecule has 5 heteroatoms. The van der Waals surface area contributed by atoms with Gasteiger partial charge >= 0.3 is 0 Å². The molecule has 124 valence electrons. The van der Waals surface area contributed by atoms with Crippen molar-refractivity contribution in [1.29, 1.82) is 0 Å². The van der Waals surface area contributed by atoms with E-state index in [-0.39, 0.29) is 17.9 Å². The molecule has 1 aromatic carbocycles. The Morgan fingerprint density at radius 2 is 1.61 bits per heavy atom. The number of piperidine rings is 1. The monoisotopic (exact) mass is 334 g/mol. The van der Waals surface area contributed by atoms with Gasteiger partial charge in [0.15, 0.2) is 0 Å². The van der Waals surface area contributed by atoms with Gasteiger partial charge in [0.25, 0.3) is 5.91 Å². The van der Waals surface area contributed by atoms with Crippen molar-refractivity contribution in [2.75, 3.05) is 13.1 Å². The number of rotatable bonds is 3. The van der Waals surface area contributed by atoms with E-state index in [0.29, 0.717) is 16.5 Å². The maximum atomic E-state index is 12.4. The van der Waals surface area contributed by atoms with Crippen molar-refractivity contribution in [3.8, 4) is 0 Å². The maximum absolute atomic E-state index is 12.4. The average molecular weight is 335 g/mol. The number of carbonyl (C=O) groups is 2. The first kappa shape index (κ1) is 16.3. The van der Waals surface area contributed by atoms with Gasteiger partial charge in [-0.2, -0.15) is 0 Å². The average Bonchev–Trinajstić information content (AvgIpc) is 3.10. The highest BCUT2D eigenvalue weighted by molar-refractivity contribution is 6.30. The van der Waals surface area contributed by atoms with Gasteiger partial charge in [-0.15, -0.1) is 0 Å². The number of carbonyl (C=O) groups excluding carboxylic acids is 2. The Morgan fingerprint density at radius 3 is 2.22 bits per heavy atom. The van der Waals surface area contributed by atoms with E-state index >= 15 is 0 Å². The molecule has 2 amide bonds. The van der Waals surface area contributed by atoms with E-state index in [4.69, 9.17) is 11.6 Å². The number of likely N-dealkylation sites (tertiary alicyclic amines) is 1. The largest absolute Gasteiger partial charge is 0.349 e. The van der Waals surface area contributed by atoms with Gasteiger partial charge in [0, 0.05) is 35.6 Å².